The SMILES string of the molecule is NCc1cc(OCc2ccccc2)c(C23CC4CC(CC(C4)C2)C3)cc1Br. The van der Waals surface area contributed by atoms with Gasteiger partial charge < -0.3 is 10.5 Å². The van der Waals surface area contributed by atoms with E-state index in [1.54, 1.807) is 0 Å². The Balaban J connectivity index is 1.52. The monoisotopic (exact) mass is 425 g/mol. The number of hydrogen-bond donors (Lipinski definition) is 1. The van der Waals surface area contributed by atoms with E-state index in [4.69, 9.17) is 10.5 Å². The van der Waals surface area contributed by atoms with Gasteiger partial charge in [0.15, 0.2) is 0 Å². The lowest BCUT2D eigenvalue weighted by atomic mass is 9.48. The highest BCUT2D eigenvalue weighted by Crippen LogP contribution is 2.62. The number of benzene rings is 2. The second-order valence-electron chi connectivity index (χ2n) is 9.12. The van der Waals surface area contributed by atoms with E-state index in [1.165, 1.54) is 49.7 Å². The molecule has 0 saturated heterocycles. The molecule has 6 rings (SSSR count). The molecule has 0 heterocycles. The van der Waals surface area contributed by atoms with E-state index < -0.39 is 0 Å². The molecular formula is C24H28BrNO. The van der Waals surface area contributed by atoms with E-state index >= 15 is 0 Å². The van der Waals surface area contributed by atoms with E-state index in [2.05, 4.69) is 58.4 Å². The van der Waals surface area contributed by atoms with E-state index in [9.17, 15) is 0 Å². The third-order valence-corrected chi connectivity index (χ3v) is 7.95. The molecule has 0 spiro atoms. The molecule has 2 N–H and O–H groups in total. The van der Waals surface area contributed by atoms with Crippen LogP contribution in [-0.2, 0) is 18.6 Å². The lowest BCUT2D eigenvalue weighted by Crippen LogP contribution is -2.48. The first kappa shape index (κ1) is 17.8. The van der Waals surface area contributed by atoms with Gasteiger partial charge in [0.05, 0.1) is 0 Å². The Bertz CT molecular complexity index is 796. The van der Waals surface area contributed by atoms with Gasteiger partial charge in [0.2, 0.25) is 0 Å². The molecule has 4 fully saturated rings. The van der Waals surface area contributed by atoms with Gasteiger partial charge >= 0.3 is 0 Å². The van der Waals surface area contributed by atoms with Crippen LogP contribution in [0.2, 0.25) is 0 Å². The zero-order valence-corrected chi connectivity index (χ0v) is 17.4. The molecule has 4 bridgehead atoms. The van der Waals surface area contributed by atoms with Gasteiger partial charge in [-0.25, -0.2) is 0 Å². The fourth-order valence-electron chi connectivity index (χ4n) is 6.46. The van der Waals surface area contributed by atoms with Crippen LogP contribution >= 0.6 is 15.9 Å². The van der Waals surface area contributed by atoms with E-state index in [0.717, 1.165) is 33.5 Å². The maximum Gasteiger partial charge on any atom is 0.123 e. The standard InChI is InChI=1S/C24H28BrNO/c25-22-10-21(24-11-17-6-18(12-24)8-19(7-17)13-24)23(9-20(22)14-26)27-15-16-4-2-1-3-5-16/h1-5,9-10,17-19H,6-8,11-15,26H2. The van der Waals surface area contributed by atoms with Gasteiger partial charge in [-0.3, -0.25) is 0 Å². The number of nitrogens with two attached hydrogens (primary N) is 1. The van der Waals surface area contributed by atoms with E-state index in [1.807, 2.05) is 0 Å². The molecule has 0 aromatic heterocycles. The van der Waals surface area contributed by atoms with Crippen LogP contribution in [0.25, 0.3) is 0 Å². The average molecular weight is 426 g/mol. The Labute approximate surface area is 170 Å². The van der Waals surface area contributed by atoms with Crippen molar-refractivity contribution in [1.82, 2.24) is 0 Å². The summed E-state index contributed by atoms with van der Waals surface area (Å²) < 4.78 is 7.58. The number of rotatable bonds is 5. The van der Waals surface area contributed by atoms with Crippen LogP contribution in [0.5, 0.6) is 5.75 Å². The summed E-state index contributed by atoms with van der Waals surface area (Å²) in [6.45, 7) is 1.15. The van der Waals surface area contributed by atoms with Crippen LogP contribution < -0.4 is 10.5 Å². The molecule has 2 aromatic rings. The summed E-state index contributed by atoms with van der Waals surface area (Å²) in [5, 5.41) is 0. The summed E-state index contributed by atoms with van der Waals surface area (Å²) in [7, 11) is 0. The summed E-state index contributed by atoms with van der Waals surface area (Å²) in [6, 6.07) is 15.0. The van der Waals surface area contributed by atoms with Gasteiger partial charge in [0.25, 0.3) is 0 Å². The molecule has 4 aliphatic rings. The normalized spacial score (nSPS) is 31.3. The van der Waals surface area contributed by atoms with Crippen molar-refractivity contribution < 1.29 is 4.74 Å². The predicted molar refractivity (Wildman–Crippen MR) is 113 cm³/mol. The minimum absolute atomic E-state index is 0.316. The van der Waals surface area contributed by atoms with Crippen molar-refractivity contribution in [2.24, 2.45) is 23.5 Å². The minimum atomic E-state index is 0.316. The Morgan fingerprint density at radius 3 is 2.19 bits per heavy atom. The Kier molecular flexibility index (Phi) is 4.56. The van der Waals surface area contributed by atoms with E-state index in [-0.39, 0.29) is 0 Å². The van der Waals surface area contributed by atoms with Crippen molar-refractivity contribution in [1.29, 1.82) is 0 Å². The van der Waals surface area contributed by atoms with Crippen molar-refractivity contribution in [2.75, 3.05) is 0 Å². The molecular weight excluding hydrogens is 398 g/mol. The van der Waals surface area contributed by atoms with Crippen molar-refractivity contribution in [3.63, 3.8) is 0 Å². The molecule has 0 aliphatic heterocycles. The Morgan fingerprint density at radius 1 is 0.963 bits per heavy atom. The average Bonchev–Trinajstić information content (AvgIpc) is 2.66. The van der Waals surface area contributed by atoms with Crippen LogP contribution in [0.1, 0.15) is 55.2 Å². The summed E-state index contributed by atoms with van der Waals surface area (Å²) in [4.78, 5) is 0. The van der Waals surface area contributed by atoms with Crippen molar-refractivity contribution >= 4 is 15.9 Å². The molecule has 2 aromatic carbocycles. The van der Waals surface area contributed by atoms with Gasteiger partial charge in [0, 0.05) is 16.6 Å². The van der Waals surface area contributed by atoms with Crippen LogP contribution in [0.3, 0.4) is 0 Å². The molecule has 4 saturated carbocycles. The lowest BCUT2D eigenvalue weighted by Gasteiger charge is -2.57. The van der Waals surface area contributed by atoms with Crippen LogP contribution in [0, 0.1) is 17.8 Å². The Hall–Kier alpha value is -1.32. The molecule has 142 valence electrons. The first-order chi connectivity index (χ1) is 13.1. The molecule has 4 aliphatic carbocycles. The second-order valence-corrected chi connectivity index (χ2v) is 9.97. The molecule has 3 heteroatoms. The van der Waals surface area contributed by atoms with Gasteiger partial charge in [-0.15, -0.1) is 0 Å². The summed E-state index contributed by atoms with van der Waals surface area (Å²) in [6.07, 6.45) is 8.41. The fourth-order valence-corrected chi connectivity index (χ4v) is 6.97. The quantitative estimate of drug-likeness (QED) is 0.641. The molecule has 0 unspecified atom stereocenters. The van der Waals surface area contributed by atoms with Gasteiger partial charge in [-0.05, 0) is 85.0 Å². The van der Waals surface area contributed by atoms with Crippen LogP contribution in [-0.4, -0.2) is 0 Å². The topological polar surface area (TPSA) is 35.2 Å². The first-order valence-electron chi connectivity index (χ1n) is 10.3. The maximum absolute atomic E-state index is 6.43. The lowest BCUT2D eigenvalue weighted by molar-refractivity contribution is -0.00651. The summed E-state index contributed by atoms with van der Waals surface area (Å²) in [5.41, 5.74) is 10.1. The van der Waals surface area contributed by atoms with Gasteiger partial charge in [0.1, 0.15) is 12.4 Å². The number of hydrogen-bond acceptors (Lipinski definition) is 2. The smallest absolute Gasteiger partial charge is 0.123 e. The molecule has 0 atom stereocenters. The number of ether oxygens (including phenoxy) is 1. The Morgan fingerprint density at radius 2 is 1.59 bits per heavy atom. The van der Waals surface area contributed by atoms with Crippen LogP contribution in [0.4, 0.5) is 0 Å². The van der Waals surface area contributed by atoms with Gasteiger partial charge in [-0.2, -0.15) is 0 Å². The summed E-state index contributed by atoms with van der Waals surface area (Å²) in [5.74, 6) is 3.83. The summed E-state index contributed by atoms with van der Waals surface area (Å²) >= 11 is 3.78. The highest BCUT2D eigenvalue weighted by Gasteiger charge is 2.52. The largest absolute Gasteiger partial charge is 0.489 e. The highest BCUT2D eigenvalue weighted by molar-refractivity contribution is 9.10. The fraction of sp³-hybridized carbons (Fsp3) is 0.500. The van der Waals surface area contributed by atoms with Crippen molar-refractivity contribution in [2.45, 2.75) is 57.1 Å². The second kappa shape index (κ2) is 6.93. The predicted octanol–water partition coefficient (Wildman–Crippen LogP) is 5.95. The molecule has 0 radical (unpaired) electrons. The van der Waals surface area contributed by atoms with Gasteiger partial charge in [-0.1, -0.05) is 46.3 Å². The van der Waals surface area contributed by atoms with E-state index in [0.29, 0.717) is 18.6 Å². The third kappa shape index (κ3) is 3.23. The van der Waals surface area contributed by atoms with Crippen LogP contribution in [0.15, 0.2) is 46.9 Å². The van der Waals surface area contributed by atoms with Crippen molar-refractivity contribution in [3.05, 3.63) is 63.6 Å². The molecule has 2 nitrogen and oxygen atoms in total. The zero-order valence-electron chi connectivity index (χ0n) is 15.8. The third-order valence-electron chi connectivity index (χ3n) is 7.22. The zero-order chi connectivity index (χ0) is 18.4. The highest BCUT2D eigenvalue weighted by atomic mass is 79.9. The maximum atomic E-state index is 6.43. The molecule has 27 heavy (non-hydrogen) atoms. The van der Waals surface area contributed by atoms with Crippen molar-refractivity contribution in [3.8, 4) is 5.75 Å². The molecule has 0 amide bonds. The number of halogens is 1. The first-order valence-corrected chi connectivity index (χ1v) is 11.1. The minimum Gasteiger partial charge on any atom is -0.489 e.